The summed E-state index contributed by atoms with van der Waals surface area (Å²) in [4.78, 5) is 4.31. The number of hydrogen-bond donors (Lipinski definition) is 1. The third-order valence-corrected chi connectivity index (χ3v) is 3.59. The quantitative estimate of drug-likeness (QED) is 0.869. The summed E-state index contributed by atoms with van der Waals surface area (Å²) < 4.78 is 29.2. The zero-order valence-corrected chi connectivity index (χ0v) is 11.8. The van der Waals surface area contributed by atoms with E-state index < -0.39 is 11.6 Å². The molecule has 0 spiro atoms. The van der Waals surface area contributed by atoms with Crippen molar-refractivity contribution in [2.24, 2.45) is 0 Å². The summed E-state index contributed by atoms with van der Waals surface area (Å²) in [7, 11) is 0. The average Bonchev–Trinajstić information content (AvgIpc) is 3.07. The van der Waals surface area contributed by atoms with Crippen molar-refractivity contribution in [3.8, 4) is 5.69 Å². The van der Waals surface area contributed by atoms with E-state index in [9.17, 15) is 8.78 Å². The zero-order chi connectivity index (χ0) is 13.6. The zero-order valence-electron chi connectivity index (χ0n) is 10.3. The van der Waals surface area contributed by atoms with Gasteiger partial charge in [-0.05, 0) is 41.8 Å². The van der Waals surface area contributed by atoms with Gasteiger partial charge >= 0.3 is 0 Å². The van der Waals surface area contributed by atoms with Crippen LogP contribution in [0.25, 0.3) is 5.69 Å². The first-order valence-corrected chi connectivity index (χ1v) is 6.81. The fourth-order valence-corrected chi connectivity index (χ4v) is 2.21. The molecule has 0 amide bonds. The van der Waals surface area contributed by atoms with Crippen LogP contribution in [0.3, 0.4) is 0 Å². The molecule has 1 aliphatic rings. The monoisotopic (exact) mass is 327 g/mol. The number of hydrogen-bond acceptors (Lipinski definition) is 2. The lowest BCUT2D eigenvalue weighted by Crippen LogP contribution is -2.09. The van der Waals surface area contributed by atoms with Crippen molar-refractivity contribution in [3.63, 3.8) is 0 Å². The summed E-state index contributed by atoms with van der Waals surface area (Å²) in [6.45, 7) is 1.82. The molecule has 1 aromatic carbocycles. The molecule has 0 radical (unpaired) electrons. The SMILES string of the molecule is Cc1cn(-c2cc(F)c(Br)cc2F)c(NC2CC2)n1. The van der Waals surface area contributed by atoms with Crippen molar-refractivity contribution < 1.29 is 8.78 Å². The normalized spacial score (nSPS) is 14.7. The number of nitrogens with one attached hydrogen (secondary N) is 1. The van der Waals surface area contributed by atoms with Gasteiger partial charge in [-0.2, -0.15) is 0 Å². The van der Waals surface area contributed by atoms with E-state index in [2.05, 4.69) is 26.2 Å². The van der Waals surface area contributed by atoms with E-state index in [4.69, 9.17) is 0 Å². The number of rotatable bonds is 3. The third-order valence-electron chi connectivity index (χ3n) is 2.99. The van der Waals surface area contributed by atoms with E-state index >= 15 is 0 Å². The standard InChI is InChI=1S/C13H12BrF2N3/c1-7-6-19(13(17-7)18-8-2-3-8)12-5-10(15)9(14)4-11(12)16/h4-6,8H,2-3H2,1H3,(H,17,18). The van der Waals surface area contributed by atoms with Crippen molar-refractivity contribution in [2.75, 3.05) is 5.32 Å². The van der Waals surface area contributed by atoms with E-state index in [-0.39, 0.29) is 10.2 Å². The highest BCUT2D eigenvalue weighted by molar-refractivity contribution is 9.10. The predicted molar refractivity (Wildman–Crippen MR) is 72.6 cm³/mol. The number of halogens is 3. The molecule has 6 heteroatoms. The molecule has 0 atom stereocenters. The fourth-order valence-electron chi connectivity index (χ4n) is 1.89. The first-order valence-electron chi connectivity index (χ1n) is 6.02. The maximum absolute atomic E-state index is 14.0. The van der Waals surface area contributed by atoms with Gasteiger partial charge in [0.25, 0.3) is 0 Å². The summed E-state index contributed by atoms with van der Waals surface area (Å²) in [6.07, 6.45) is 3.86. The number of anilines is 1. The molecular formula is C13H12BrF2N3. The second-order valence-corrected chi connectivity index (χ2v) is 5.57. The van der Waals surface area contributed by atoms with Gasteiger partial charge in [-0.25, -0.2) is 13.8 Å². The Hall–Kier alpha value is -1.43. The maximum Gasteiger partial charge on any atom is 0.208 e. The highest BCUT2D eigenvalue weighted by Crippen LogP contribution is 2.28. The molecule has 0 unspecified atom stereocenters. The van der Waals surface area contributed by atoms with Crippen LogP contribution in [0, 0.1) is 18.6 Å². The van der Waals surface area contributed by atoms with Crippen LogP contribution in [0.1, 0.15) is 18.5 Å². The van der Waals surface area contributed by atoms with E-state index in [0.29, 0.717) is 12.0 Å². The topological polar surface area (TPSA) is 29.9 Å². The van der Waals surface area contributed by atoms with Gasteiger partial charge in [-0.15, -0.1) is 0 Å². The Balaban J connectivity index is 2.07. The number of aryl methyl sites for hydroxylation is 1. The van der Waals surface area contributed by atoms with Gasteiger partial charge in [0, 0.05) is 18.3 Å². The Morgan fingerprint density at radius 1 is 1.32 bits per heavy atom. The second kappa shape index (κ2) is 4.59. The van der Waals surface area contributed by atoms with Crippen molar-refractivity contribution >= 4 is 21.9 Å². The number of imidazole rings is 1. The Morgan fingerprint density at radius 2 is 2.05 bits per heavy atom. The van der Waals surface area contributed by atoms with Gasteiger partial charge in [0.05, 0.1) is 15.9 Å². The summed E-state index contributed by atoms with van der Waals surface area (Å²) in [5, 5.41) is 3.22. The molecule has 1 saturated carbocycles. The van der Waals surface area contributed by atoms with Gasteiger partial charge < -0.3 is 5.32 Å². The summed E-state index contributed by atoms with van der Waals surface area (Å²) in [5.41, 5.74) is 0.912. The predicted octanol–water partition coefficient (Wildman–Crippen LogP) is 3.80. The largest absolute Gasteiger partial charge is 0.353 e. The van der Waals surface area contributed by atoms with Crippen LogP contribution in [0.5, 0.6) is 0 Å². The highest BCUT2D eigenvalue weighted by atomic mass is 79.9. The summed E-state index contributed by atoms with van der Waals surface area (Å²) >= 11 is 2.97. The molecule has 3 nitrogen and oxygen atoms in total. The van der Waals surface area contributed by atoms with Crippen LogP contribution in [-0.4, -0.2) is 15.6 Å². The lowest BCUT2D eigenvalue weighted by Gasteiger charge is -2.10. The van der Waals surface area contributed by atoms with E-state index in [0.717, 1.165) is 24.6 Å². The minimum atomic E-state index is -0.500. The lowest BCUT2D eigenvalue weighted by molar-refractivity contribution is 0.587. The summed E-state index contributed by atoms with van der Waals surface area (Å²) in [6, 6.07) is 2.68. The fraction of sp³-hybridized carbons (Fsp3) is 0.308. The highest BCUT2D eigenvalue weighted by Gasteiger charge is 2.24. The maximum atomic E-state index is 14.0. The lowest BCUT2D eigenvalue weighted by atomic mass is 10.3. The smallest absolute Gasteiger partial charge is 0.208 e. The van der Waals surface area contributed by atoms with Crippen LogP contribution < -0.4 is 5.32 Å². The van der Waals surface area contributed by atoms with E-state index in [1.54, 1.807) is 10.8 Å². The van der Waals surface area contributed by atoms with Crippen LogP contribution >= 0.6 is 15.9 Å². The van der Waals surface area contributed by atoms with Crippen molar-refractivity contribution in [1.82, 2.24) is 9.55 Å². The van der Waals surface area contributed by atoms with Gasteiger partial charge in [0.1, 0.15) is 11.6 Å². The van der Waals surface area contributed by atoms with Crippen LogP contribution in [-0.2, 0) is 0 Å². The average molecular weight is 328 g/mol. The molecule has 0 aliphatic heterocycles. The molecule has 100 valence electrons. The second-order valence-electron chi connectivity index (χ2n) is 4.71. The van der Waals surface area contributed by atoms with Gasteiger partial charge in [0.2, 0.25) is 5.95 Å². The van der Waals surface area contributed by atoms with E-state index in [1.165, 1.54) is 6.07 Å². The Bertz CT molecular complexity index is 635. The minimum Gasteiger partial charge on any atom is -0.353 e. The Morgan fingerprint density at radius 3 is 2.74 bits per heavy atom. The molecule has 2 aromatic rings. The van der Waals surface area contributed by atoms with Crippen molar-refractivity contribution in [2.45, 2.75) is 25.8 Å². The molecule has 1 heterocycles. The van der Waals surface area contributed by atoms with Gasteiger partial charge in [0.15, 0.2) is 0 Å². The van der Waals surface area contributed by atoms with E-state index in [1.807, 2.05) is 6.92 Å². The number of aromatic nitrogens is 2. The third kappa shape index (κ3) is 2.49. The number of benzene rings is 1. The first-order chi connectivity index (χ1) is 9.04. The van der Waals surface area contributed by atoms with Crippen LogP contribution in [0.15, 0.2) is 22.8 Å². The van der Waals surface area contributed by atoms with Crippen molar-refractivity contribution in [3.05, 3.63) is 40.1 Å². The van der Waals surface area contributed by atoms with Gasteiger partial charge in [-0.3, -0.25) is 4.57 Å². The molecule has 1 aliphatic carbocycles. The first kappa shape index (κ1) is 12.6. The van der Waals surface area contributed by atoms with Crippen LogP contribution in [0.4, 0.5) is 14.7 Å². The molecule has 0 saturated heterocycles. The molecule has 3 rings (SSSR count). The Labute approximate surface area is 117 Å². The van der Waals surface area contributed by atoms with Gasteiger partial charge in [-0.1, -0.05) is 0 Å². The summed E-state index contributed by atoms with van der Waals surface area (Å²) in [5.74, 6) is -0.440. The molecule has 1 fully saturated rings. The molecular weight excluding hydrogens is 316 g/mol. The molecule has 1 N–H and O–H groups in total. The number of nitrogens with zero attached hydrogens (tertiary/aromatic N) is 2. The molecule has 1 aromatic heterocycles. The Kier molecular flexibility index (Phi) is 3.05. The van der Waals surface area contributed by atoms with Crippen LogP contribution in [0.2, 0.25) is 0 Å². The van der Waals surface area contributed by atoms with Crippen molar-refractivity contribution in [1.29, 1.82) is 0 Å². The minimum absolute atomic E-state index is 0.113. The molecule has 0 bridgehead atoms. The molecule has 19 heavy (non-hydrogen) atoms.